The molecule has 1 aliphatic heterocycles. The predicted octanol–water partition coefficient (Wildman–Crippen LogP) is 0.959. The maximum atomic E-state index is 6.91. The quantitative estimate of drug-likeness (QED) is 0.481. The van der Waals surface area contributed by atoms with Gasteiger partial charge in [-0.05, 0) is 12.8 Å². The van der Waals surface area contributed by atoms with Crippen LogP contribution in [0.1, 0.15) is 14.2 Å². The second-order valence-electron chi connectivity index (χ2n) is 1.18. The van der Waals surface area contributed by atoms with Crippen molar-refractivity contribution in [3.63, 3.8) is 0 Å². The van der Waals surface area contributed by atoms with E-state index < -0.39 is 0 Å². The highest BCUT2D eigenvalue weighted by atomic mass is 16.5. The van der Waals surface area contributed by atoms with Crippen LogP contribution in [0.25, 0.3) is 0 Å². The van der Waals surface area contributed by atoms with Gasteiger partial charge < -0.3 is 10.9 Å². The summed E-state index contributed by atoms with van der Waals surface area (Å²) in [6.45, 7) is 0.596. The van der Waals surface area contributed by atoms with Gasteiger partial charge >= 0.3 is 0 Å². The van der Waals surface area contributed by atoms with Gasteiger partial charge in [0, 0.05) is 13.2 Å². The minimum atomic E-state index is -0.204. The Morgan fingerprint density at radius 2 is 2.33 bits per heavy atom. The third kappa shape index (κ3) is 1.38. The van der Waals surface area contributed by atoms with Gasteiger partial charge in [-0.15, -0.1) is 0 Å². The molecule has 6 heavy (non-hydrogen) atoms. The topological polar surface area (TPSA) is 44.2 Å². The van der Waals surface area contributed by atoms with Crippen molar-refractivity contribution in [2.24, 2.45) is 0 Å². The van der Waals surface area contributed by atoms with Crippen LogP contribution >= 0.6 is 0 Å². The molecule has 0 amide bonds. The van der Waals surface area contributed by atoms with Crippen molar-refractivity contribution in [2.75, 3.05) is 13.2 Å². The molecule has 0 aliphatic carbocycles. The highest BCUT2D eigenvalue weighted by molar-refractivity contribution is 4.43. The van der Waals surface area contributed by atoms with Crippen LogP contribution in [0.15, 0.2) is 0 Å². The highest BCUT2D eigenvalue weighted by Gasteiger charge is 1.94. The van der Waals surface area contributed by atoms with Crippen LogP contribution in [0.3, 0.4) is 0 Å². The van der Waals surface area contributed by atoms with Crippen LogP contribution in [0.4, 0.5) is 0 Å². The van der Waals surface area contributed by atoms with Crippen LogP contribution in [0.2, 0.25) is 0 Å². The summed E-state index contributed by atoms with van der Waals surface area (Å²) in [5.74, 6) is 0. The van der Waals surface area contributed by atoms with E-state index in [4.69, 9.17) is 6.11 Å². The van der Waals surface area contributed by atoms with Crippen LogP contribution < -0.4 is 6.15 Å². The summed E-state index contributed by atoms with van der Waals surface area (Å²) >= 11 is 0. The third-order valence-corrected chi connectivity index (χ3v) is 0.702. The Morgan fingerprint density at radius 1 is 1.50 bits per heavy atom. The summed E-state index contributed by atoms with van der Waals surface area (Å²) in [5, 5.41) is 0. The summed E-state index contributed by atoms with van der Waals surface area (Å²) in [6, 6.07) is 0. The first kappa shape index (κ1) is 4.09. The summed E-state index contributed by atoms with van der Waals surface area (Å²) in [4.78, 5) is 0. The normalized spacial score (nSPS) is 34.7. The lowest BCUT2D eigenvalue weighted by Gasteiger charge is -1.76. The van der Waals surface area contributed by atoms with E-state index in [-0.39, 0.29) is 12.7 Å². The zero-order valence-electron chi connectivity index (χ0n) is 4.81. The van der Waals surface area contributed by atoms with Gasteiger partial charge in [-0.1, -0.05) is 0 Å². The van der Waals surface area contributed by atoms with Gasteiger partial charge in [-0.3, -0.25) is 0 Å². The fourth-order valence-corrected chi connectivity index (χ4v) is 0.417. The minimum Gasteiger partial charge on any atom is -0.381 e. The van der Waals surface area contributed by atoms with E-state index in [0.29, 0.717) is 0 Å². The predicted molar refractivity (Wildman–Crippen MR) is 25.1 cm³/mol. The Hall–Kier alpha value is -0.0800. The lowest BCUT2D eigenvalue weighted by Crippen LogP contribution is -1.74. The molecule has 0 spiro atoms. The molecule has 0 aromatic heterocycles. The summed E-state index contributed by atoms with van der Waals surface area (Å²) < 4.78 is 11.7. The second kappa shape index (κ2) is 3.12. The Kier molecular flexibility index (Phi) is 2.13. The highest BCUT2D eigenvalue weighted by Crippen LogP contribution is 1.98. The van der Waals surface area contributed by atoms with Crippen molar-refractivity contribution in [2.45, 2.75) is 12.8 Å². The van der Waals surface area contributed by atoms with E-state index in [9.17, 15) is 0 Å². The van der Waals surface area contributed by atoms with Gasteiger partial charge in [0.1, 0.15) is 0 Å². The van der Waals surface area contributed by atoms with Crippen molar-refractivity contribution < 1.29 is 6.11 Å². The number of ether oxygens (including phenoxy) is 1. The summed E-state index contributed by atoms with van der Waals surface area (Å²) in [5.41, 5.74) is 0. The van der Waals surface area contributed by atoms with E-state index in [1.54, 1.807) is 0 Å². The van der Waals surface area contributed by atoms with Crippen molar-refractivity contribution in [3.8, 4) is 0 Å². The van der Waals surface area contributed by atoms with E-state index in [1.165, 1.54) is 0 Å². The van der Waals surface area contributed by atoms with E-state index in [2.05, 4.69) is 0 Å². The van der Waals surface area contributed by atoms with E-state index >= 15 is 0 Å². The Bertz CT molecular complexity index is 45.0. The summed E-state index contributed by atoms with van der Waals surface area (Å²) in [7, 11) is 0. The van der Waals surface area contributed by atoms with Crippen LogP contribution in [0, 0.1) is 0 Å². The molecular formula is C4H11NO. The lowest BCUT2D eigenvalue weighted by molar-refractivity contribution is 0.198. The van der Waals surface area contributed by atoms with Crippen molar-refractivity contribution in [1.82, 2.24) is 6.15 Å². The van der Waals surface area contributed by atoms with Crippen molar-refractivity contribution in [1.29, 1.82) is 0 Å². The van der Waals surface area contributed by atoms with E-state index in [0.717, 1.165) is 19.4 Å². The van der Waals surface area contributed by atoms with Crippen LogP contribution in [0.5, 0.6) is 0 Å². The van der Waals surface area contributed by atoms with Gasteiger partial charge in [-0.25, -0.2) is 0 Å². The number of hydrogen-bond acceptors (Lipinski definition) is 2. The molecule has 2 heteroatoms. The molecule has 1 aliphatic rings. The van der Waals surface area contributed by atoms with Crippen LogP contribution in [-0.4, -0.2) is 13.2 Å². The Balaban J connectivity index is 0.000000360. The van der Waals surface area contributed by atoms with Crippen molar-refractivity contribution >= 4 is 0 Å². The molecule has 1 heterocycles. The maximum Gasteiger partial charge on any atom is 0.0567 e. The van der Waals surface area contributed by atoms with Gasteiger partial charge in [-0.2, -0.15) is 0 Å². The molecule has 1 rings (SSSR count). The molecule has 1 fully saturated rings. The van der Waals surface area contributed by atoms with Gasteiger partial charge in [0.15, 0.2) is 0 Å². The van der Waals surface area contributed by atoms with E-state index in [1.807, 2.05) is 0 Å². The number of hydrogen-bond donors (Lipinski definition) is 1. The standard InChI is InChI=1S/C4H8O.H3N/c1-2-4-5-3-1;/h1-4H2;1H3/i3D;. The zero-order valence-corrected chi connectivity index (χ0v) is 3.81. The molecule has 1 unspecified atom stereocenters. The molecule has 38 valence electrons. The Morgan fingerprint density at radius 3 is 2.50 bits per heavy atom. The first-order valence-corrected chi connectivity index (χ1v) is 1.93. The monoisotopic (exact) mass is 90.1 g/mol. The minimum absolute atomic E-state index is 0. The fraction of sp³-hybridized carbons (Fsp3) is 1.00. The SMILES string of the molecule is N.[2H]C1CCCO1. The summed E-state index contributed by atoms with van der Waals surface area (Å²) in [6.07, 6.45) is 2.01. The molecule has 1 atom stereocenters. The lowest BCUT2D eigenvalue weighted by atomic mass is 10.4. The number of rotatable bonds is 0. The molecule has 2 nitrogen and oxygen atoms in total. The molecule has 0 bridgehead atoms. The third-order valence-electron chi connectivity index (χ3n) is 0.702. The molecule has 1 saturated heterocycles. The molecule has 3 N–H and O–H groups in total. The smallest absolute Gasteiger partial charge is 0.0567 e. The Labute approximate surface area is 39.5 Å². The first-order chi connectivity index (χ1) is 2.89. The van der Waals surface area contributed by atoms with Crippen LogP contribution in [-0.2, 0) is 4.74 Å². The zero-order chi connectivity index (χ0) is 4.41. The molecule has 0 aromatic carbocycles. The first-order valence-electron chi connectivity index (χ1n) is 2.51. The average molecular weight is 90.1 g/mol. The van der Waals surface area contributed by atoms with Gasteiger partial charge in [0.05, 0.1) is 1.37 Å². The average Bonchev–Trinajstić information content (AvgIpc) is 1.86. The molecule has 0 saturated carbocycles. The van der Waals surface area contributed by atoms with Gasteiger partial charge in [0.25, 0.3) is 0 Å². The van der Waals surface area contributed by atoms with Gasteiger partial charge in [0.2, 0.25) is 0 Å². The maximum absolute atomic E-state index is 6.91. The largest absolute Gasteiger partial charge is 0.381 e. The van der Waals surface area contributed by atoms with Crippen molar-refractivity contribution in [3.05, 3.63) is 0 Å². The molecule has 0 radical (unpaired) electrons. The fourth-order valence-electron chi connectivity index (χ4n) is 0.417. The molecular weight excluding hydrogens is 78.0 g/mol. The molecule has 0 aromatic rings. The second-order valence-corrected chi connectivity index (χ2v) is 1.18.